The molecule has 2 rings (SSSR count). The lowest BCUT2D eigenvalue weighted by Crippen LogP contribution is -2.25. The van der Waals surface area contributed by atoms with Crippen LogP contribution in [0.3, 0.4) is 0 Å². The highest BCUT2D eigenvalue weighted by Crippen LogP contribution is 2.33. The first-order chi connectivity index (χ1) is 9.52. The lowest BCUT2D eigenvalue weighted by molar-refractivity contribution is -0.136. The summed E-state index contributed by atoms with van der Waals surface area (Å²) in [6.07, 6.45) is -0.0799. The quantitative estimate of drug-likeness (QED) is 0.887. The van der Waals surface area contributed by atoms with E-state index in [1.54, 1.807) is 7.11 Å². The van der Waals surface area contributed by atoms with Gasteiger partial charge in [0.2, 0.25) is 0 Å². The maximum atomic E-state index is 12.0. The summed E-state index contributed by atoms with van der Waals surface area (Å²) >= 11 is 1.39. The van der Waals surface area contributed by atoms with Gasteiger partial charge in [-0.3, -0.25) is 9.59 Å². The number of ether oxygens (including phenoxy) is 1. The number of aliphatic carboxylic acids is 1. The third-order valence-electron chi connectivity index (χ3n) is 2.97. The molecule has 1 aromatic heterocycles. The molecule has 2 N–H and O–H groups in total. The van der Waals surface area contributed by atoms with Gasteiger partial charge in [-0.05, 0) is 36.1 Å². The van der Waals surface area contributed by atoms with Crippen LogP contribution >= 0.6 is 11.3 Å². The van der Waals surface area contributed by atoms with Crippen LogP contribution in [-0.4, -0.2) is 30.6 Å². The molecular weight excluding hydrogens is 278 g/mol. The van der Waals surface area contributed by atoms with Gasteiger partial charge in [-0.25, -0.2) is 0 Å². The van der Waals surface area contributed by atoms with Crippen LogP contribution < -0.4 is 10.1 Å². The normalized spacial score (nSPS) is 10.5. The first kappa shape index (κ1) is 14.3. The van der Waals surface area contributed by atoms with Crippen LogP contribution in [0.4, 0.5) is 0 Å². The lowest BCUT2D eigenvalue weighted by atomic mass is 10.1. The van der Waals surface area contributed by atoms with Crippen molar-refractivity contribution in [1.82, 2.24) is 5.32 Å². The molecule has 0 fully saturated rings. The van der Waals surface area contributed by atoms with Crippen molar-refractivity contribution in [2.24, 2.45) is 0 Å². The smallest absolute Gasteiger partial charge is 0.305 e. The van der Waals surface area contributed by atoms with Gasteiger partial charge in [0.05, 0.1) is 18.4 Å². The summed E-state index contributed by atoms with van der Waals surface area (Å²) < 4.78 is 6.18. The number of methoxy groups -OCH3 is 1. The molecule has 0 aliphatic rings. The zero-order valence-corrected chi connectivity index (χ0v) is 12.0. The van der Waals surface area contributed by atoms with Crippen molar-refractivity contribution in [1.29, 1.82) is 0 Å². The highest BCUT2D eigenvalue weighted by molar-refractivity contribution is 7.21. The fraction of sp³-hybridized carbons (Fsp3) is 0.286. The van der Waals surface area contributed by atoms with Gasteiger partial charge in [-0.2, -0.15) is 0 Å². The van der Waals surface area contributed by atoms with Crippen LogP contribution in [0.25, 0.3) is 10.1 Å². The summed E-state index contributed by atoms with van der Waals surface area (Å²) in [5.41, 5.74) is 0.886. The van der Waals surface area contributed by atoms with E-state index in [1.165, 1.54) is 11.3 Å². The van der Waals surface area contributed by atoms with E-state index in [0.29, 0.717) is 4.88 Å². The molecule has 0 aliphatic carbocycles. The van der Waals surface area contributed by atoms with Gasteiger partial charge in [0.1, 0.15) is 5.75 Å². The SMILES string of the molecule is COc1ccc2sc(C(=O)NCCC(=O)O)c(C)c2c1. The summed E-state index contributed by atoms with van der Waals surface area (Å²) in [5, 5.41) is 12.2. The second kappa shape index (κ2) is 5.92. The Balaban J connectivity index is 2.23. The molecule has 0 saturated heterocycles. The van der Waals surface area contributed by atoms with Crippen LogP contribution in [0.2, 0.25) is 0 Å². The van der Waals surface area contributed by atoms with Crippen LogP contribution in [0.1, 0.15) is 21.7 Å². The number of benzene rings is 1. The van der Waals surface area contributed by atoms with Crippen molar-refractivity contribution in [3.05, 3.63) is 28.6 Å². The van der Waals surface area contributed by atoms with Gasteiger partial charge >= 0.3 is 5.97 Å². The van der Waals surface area contributed by atoms with Crippen molar-refractivity contribution in [3.8, 4) is 5.75 Å². The third kappa shape index (κ3) is 2.91. The maximum absolute atomic E-state index is 12.0. The van der Waals surface area contributed by atoms with E-state index in [0.717, 1.165) is 21.4 Å². The number of thiophene rings is 1. The number of nitrogens with one attached hydrogen (secondary N) is 1. The van der Waals surface area contributed by atoms with Crippen molar-refractivity contribution in [2.75, 3.05) is 13.7 Å². The molecule has 1 amide bonds. The summed E-state index contributed by atoms with van der Waals surface area (Å²) in [5.74, 6) is -0.414. The molecule has 0 radical (unpaired) electrons. The predicted molar refractivity (Wildman–Crippen MR) is 77.7 cm³/mol. The number of carboxylic acids is 1. The molecule has 0 atom stereocenters. The number of hydrogen-bond donors (Lipinski definition) is 2. The van der Waals surface area contributed by atoms with Crippen LogP contribution in [0, 0.1) is 6.92 Å². The van der Waals surface area contributed by atoms with Gasteiger partial charge < -0.3 is 15.2 Å². The lowest BCUT2D eigenvalue weighted by Gasteiger charge is -2.02. The summed E-state index contributed by atoms with van der Waals surface area (Å²) in [6, 6.07) is 5.67. The molecule has 5 nitrogen and oxygen atoms in total. The van der Waals surface area contributed by atoms with E-state index in [1.807, 2.05) is 25.1 Å². The minimum absolute atomic E-state index is 0.0799. The second-order valence-corrected chi connectivity index (χ2v) is 5.37. The Bertz CT molecular complexity index is 662. The van der Waals surface area contributed by atoms with Gasteiger partial charge in [-0.1, -0.05) is 0 Å². The predicted octanol–water partition coefficient (Wildman–Crippen LogP) is 2.42. The van der Waals surface area contributed by atoms with E-state index < -0.39 is 5.97 Å². The van der Waals surface area contributed by atoms with Gasteiger partial charge in [0, 0.05) is 11.2 Å². The molecular formula is C14H15NO4S. The van der Waals surface area contributed by atoms with Gasteiger partial charge in [-0.15, -0.1) is 11.3 Å². The first-order valence-electron chi connectivity index (χ1n) is 6.10. The van der Waals surface area contributed by atoms with Crippen molar-refractivity contribution in [3.63, 3.8) is 0 Å². The first-order valence-corrected chi connectivity index (χ1v) is 6.91. The highest BCUT2D eigenvalue weighted by Gasteiger charge is 2.15. The van der Waals surface area contributed by atoms with Crippen molar-refractivity contribution < 1.29 is 19.4 Å². The highest BCUT2D eigenvalue weighted by atomic mass is 32.1. The standard InChI is InChI=1S/C14H15NO4S/c1-8-10-7-9(19-2)3-4-11(10)20-13(8)14(18)15-6-5-12(16)17/h3-4,7H,5-6H2,1-2H3,(H,15,18)(H,16,17). The number of carboxylic acid groups (broad SMARTS) is 1. The number of aryl methyl sites for hydroxylation is 1. The summed E-state index contributed by atoms with van der Waals surface area (Å²) in [4.78, 5) is 23.1. The van der Waals surface area contributed by atoms with E-state index >= 15 is 0 Å². The Morgan fingerprint density at radius 1 is 1.40 bits per heavy atom. The number of fused-ring (bicyclic) bond motifs is 1. The molecule has 0 unspecified atom stereocenters. The molecule has 0 aliphatic heterocycles. The number of carbonyl (C=O) groups excluding carboxylic acids is 1. The zero-order chi connectivity index (χ0) is 14.7. The molecule has 0 saturated carbocycles. The third-order valence-corrected chi connectivity index (χ3v) is 4.25. The monoisotopic (exact) mass is 293 g/mol. The molecule has 20 heavy (non-hydrogen) atoms. The van der Waals surface area contributed by atoms with Crippen LogP contribution in [0.15, 0.2) is 18.2 Å². The second-order valence-electron chi connectivity index (χ2n) is 4.32. The zero-order valence-electron chi connectivity index (χ0n) is 11.2. The fourth-order valence-corrected chi connectivity index (χ4v) is 3.01. The fourth-order valence-electron chi connectivity index (χ4n) is 1.91. The molecule has 6 heteroatoms. The van der Waals surface area contributed by atoms with Gasteiger partial charge in [0.25, 0.3) is 5.91 Å². The van der Waals surface area contributed by atoms with E-state index in [2.05, 4.69) is 5.32 Å². The van der Waals surface area contributed by atoms with Crippen molar-refractivity contribution >= 4 is 33.3 Å². The number of rotatable bonds is 5. The average Bonchev–Trinajstić information content (AvgIpc) is 2.75. The Morgan fingerprint density at radius 2 is 2.15 bits per heavy atom. The topological polar surface area (TPSA) is 75.6 Å². The Hall–Kier alpha value is -2.08. The average molecular weight is 293 g/mol. The summed E-state index contributed by atoms with van der Waals surface area (Å²) in [6.45, 7) is 2.01. The molecule has 106 valence electrons. The Kier molecular flexibility index (Phi) is 4.24. The number of carbonyl (C=O) groups is 2. The number of hydrogen-bond acceptors (Lipinski definition) is 4. The number of amides is 1. The Labute approximate surface area is 120 Å². The molecule has 1 heterocycles. The van der Waals surface area contributed by atoms with Crippen molar-refractivity contribution in [2.45, 2.75) is 13.3 Å². The van der Waals surface area contributed by atoms with Gasteiger partial charge in [0.15, 0.2) is 0 Å². The molecule has 1 aromatic carbocycles. The largest absolute Gasteiger partial charge is 0.497 e. The van der Waals surface area contributed by atoms with Crippen LogP contribution in [0.5, 0.6) is 5.75 Å². The minimum Gasteiger partial charge on any atom is -0.497 e. The summed E-state index contributed by atoms with van der Waals surface area (Å²) in [7, 11) is 1.60. The molecule has 0 bridgehead atoms. The minimum atomic E-state index is -0.928. The van der Waals surface area contributed by atoms with E-state index in [-0.39, 0.29) is 18.9 Å². The Morgan fingerprint density at radius 3 is 2.80 bits per heavy atom. The maximum Gasteiger partial charge on any atom is 0.305 e. The van der Waals surface area contributed by atoms with Crippen LogP contribution in [-0.2, 0) is 4.79 Å². The molecule has 2 aromatic rings. The molecule has 0 spiro atoms. The van der Waals surface area contributed by atoms with E-state index in [4.69, 9.17) is 9.84 Å². The van der Waals surface area contributed by atoms with E-state index in [9.17, 15) is 9.59 Å².